The molecule has 0 radical (unpaired) electrons. The molecule has 4 aliphatic rings. The van der Waals surface area contributed by atoms with Gasteiger partial charge >= 0.3 is 0 Å². The summed E-state index contributed by atoms with van der Waals surface area (Å²) in [6, 6.07) is 3.43. The minimum absolute atomic E-state index is 0.778. The molecule has 0 spiro atoms. The summed E-state index contributed by atoms with van der Waals surface area (Å²) >= 11 is 0. The van der Waals surface area contributed by atoms with Crippen molar-refractivity contribution in [1.29, 1.82) is 0 Å². The van der Waals surface area contributed by atoms with E-state index in [1.165, 1.54) is 71.2 Å². The highest BCUT2D eigenvalue weighted by molar-refractivity contribution is 5.01. The lowest BCUT2D eigenvalue weighted by molar-refractivity contribution is -0.0133. The molecule has 4 aliphatic heterocycles. The second-order valence-electron chi connectivity index (χ2n) is 7.29. The summed E-state index contributed by atoms with van der Waals surface area (Å²) in [5.41, 5.74) is 0. The van der Waals surface area contributed by atoms with E-state index in [2.05, 4.69) is 21.6 Å². The molecule has 4 heterocycles. The predicted molar refractivity (Wildman–Crippen MR) is 78.4 cm³/mol. The fraction of sp³-hybridized carbons (Fsp3) is 1.00. The molecule has 4 atom stereocenters. The standard InChI is InChI=1S/C16H29N3/c1-13-11-18-8-3-2-5-14(18)12-19(13)16-7-10-17-9-4-6-15(16)17/h13-16H,2-12H2,1H3. The quantitative estimate of drug-likeness (QED) is 0.714. The summed E-state index contributed by atoms with van der Waals surface area (Å²) in [4.78, 5) is 8.46. The first-order valence-electron chi connectivity index (χ1n) is 8.57. The number of nitrogens with zero attached hydrogens (tertiary/aromatic N) is 3. The van der Waals surface area contributed by atoms with Gasteiger partial charge in [-0.2, -0.15) is 0 Å². The Balaban J connectivity index is 1.48. The SMILES string of the molecule is CC1CN2CCCCC2CN1C1CCN2CCCC12. The average Bonchev–Trinajstić information content (AvgIpc) is 3.00. The molecule has 0 N–H and O–H groups in total. The largest absolute Gasteiger partial charge is 0.299 e. The Labute approximate surface area is 117 Å². The molecule has 0 amide bonds. The molecule has 0 aromatic rings. The summed E-state index contributed by atoms with van der Waals surface area (Å²) in [6.45, 7) is 9.27. The van der Waals surface area contributed by atoms with Crippen molar-refractivity contribution in [2.75, 3.05) is 32.7 Å². The smallest absolute Gasteiger partial charge is 0.0267 e. The van der Waals surface area contributed by atoms with E-state index in [1.54, 1.807) is 0 Å². The number of hydrogen-bond donors (Lipinski definition) is 0. The minimum Gasteiger partial charge on any atom is -0.299 e. The van der Waals surface area contributed by atoms with Crippen LogP contribution in [0.2, 0.25) is 0 Å². The van der Waals surface area contributed by atoms with Crippen molar-refractivity contribution in [2.24, 2.45) is 0 Å². The first-order valence-corrected chi connectivity index (χ1v) is 8.57. The molecule has 0 aliphatic carbocycles. The highest BCUT2D eigenvalue weighted by Crippen LogP contribution is 2.35. The van der Waals surface area contributed by atoms with Crippen LogP contribution >= 0.6 is 0 Å². The highest BCUT2D eigenvalue weighted by Gasteiger charge is 2.44. The molecule has 0 bridgehead atoms. The fourth-order valence-corrected chi connectivity index (χ4v) is 5.28. The third kappa shape index (κ3) is 2.14. The van der Waals surface area contributed by atoms with Crippen LogP contribution in [0.15, 0.2) is 0 Å². The van der Waals surface area contributed by atoms with Crippen LogP contribution in [0.25, 0.3) is 0 Å². The van der Waals surface area contributed by atoms with Crippen LogP contribution in [0.3, 0.4) is 0 Å². The van der Waals surface area contributed by atoms with Crippen LogP contribution in [0, 0.1) is 0 Å². The maximum atomic E-state index is 2.91. The van der Waals surface area contributed by atoms with E-state index >= 15 is 0 Å². The van der Waals surface area contributed by atoms with Gasteiger partial charge in [-0.25, -0.2) is 0 Å². The second-order valence-corrected chi connectivity index (χ2v) is 7.29. The van der Waals surface area contributed by atoms with Gasteiger partial charge in [0.1, 0.15) is 0 Å². The lowest BCUT2D eigenvalue weighted by Gasteiger charge is -2.50. The Kier molecular flexibility index (Phi) is 3.33. The van der Waals surface area contributed by atoms with Gasteiger partial charge in [0, 0.05) is 43.8 Å². The number of piperidine rings is 1. The van der Waals surface area contributed by atoms with Crippen LogP contribution in [0.4, 0.5) is 0 Å². The minimum atomic E-state index is 0.778. The van der Waals surface area contributed by atoms with Crippen LogP contribution in [-0.2, 0) is 0 Å². The molecule has 0 aromatic carbocycles. The van der Waals surface area contributed by atoms with Gasteiger partial charge in [-0.15, -0.1) is 0 Å². The molecule has 4 rings (SSSR count). The van der Waals surface area contributed by atoms with E-state index < -0.39 is 0 Å². The first kappa shape index (κ1) is 12.6. The van der Waals surface area contributed by atoms with Crippen LogP contribution < -0.4 is 0 Å². The van der Waals surface area contributed by atoms with Gasteiger partial charge in [-0.1, -0.05) is 6.42 Å². The van der Waals surface area contributed by atoms with Crippen molar-refractivity contribution < 1.29 is 0 Å². The lowest BCUT2D eigenvalue weighted by atomic mass is 9.94. The van der Waals surface area contributed by atoms with Gasteiger partial charge in [0.2, 0.25) is 0 Å². The van der Waals surface area contributed by atoms with E-state index in [4.69, 9.17) is 0 Å². The van der Waals surface area contributed by atoms with Gasteiger partial charge in [-0.05, 0) is 52.1 Å². The molecular weight excluding hydrogens is 234 g/mol. The second kappa shape index (κ2) is 5.01. The molecule has 3 nitrogen and oxygen atoms in total. The molecule has 0 aromatic heterocycles. The number of fused-ring (bicyclic) bond motifs is 2. The van der Waals surface area contributed by atoms with Crippen LogP contribution in [0.1, 0.15) is 45.4 Å². The van der Waals surface area contributed by atoms with Crippen molar-refractivity contribution in [3.63, 3.8) is 0 Å². The summed E-state index contributed by atoms with van der Waals surface area (Å²) in [6.07, 6.45) is 8.68. The lowest BCUT2D eigenvalue weighted by Crippen LogP contribution is -2.62. The zero-order valence-electron chi connectivity index (χ0n) is 12.4. The Morgan fingerprint density at radius 2 is 1.63 bits per heavy atom. The molecule has 3 heteroatoms. The summed E-state index contributed by atoms with van der Waals surface area (Å²) in [5.74, 6) is 0. The van der Waals surface area contributed by atoms with Gasteiger partial charge in [-0.3, -0.25) is 14.7 Å². The third-order valence-electron chi connectivity index (χ3n) is 6.23. The van der Waals surface area contributed by atoms with Crippen molar-refractivity contribution in [2.45, 2.75) is 69.6 Å². The van der Waals surface area contributed by atoms with Crippen LogP contribution in [-0.4, -0.2) is 71.6 Å². The van der Waals surface area contributed by atoms with Gasteiger partial charge in [0.15, 0.2) is 0 Å². The van der Waals surface area contributed by atoms with Gasteiger partial charge in [0.25, 0.3) is 0 Å². The third-order valence-corrected chi connectivity index (χ3v) is 6.23. The fourth-order valence-electron chi connectivity index (χ4n) is 5.28. The number of rotatable bonds is 1. The molecular formula is C16H29N3. The molecule has 4 fully saturated rings. The van der Waals surface area contributed by atoms with Gasteiger partial charge in [0.05, 0.1) is 0 Å². The summed E-state index contributed by atoms with van der Waals surface area (Å²) in [5, 5.41) is 0. The van der Waals surface area contributed by atoms with Gasteiger partial charge < -0.3 is 0 Å². The van der Waals surface area contributed by atoms with E-state index in [9.17, 15) is 0 Å². The van der Waals surface area contributed by atoms with E-state index in [1.807, 2.05) is 0 Å². The Hall–Kier alpha value is -0.120. The number of hydrogen-bond acceptors (Lipinski definition) is 3. The predicted octanol–water partition coefficient (Wildman–Crippen LogP) is 1.78. The Morgan fingerprint density at radius 3 is 2.58 bits per heavy atom. The molecule has 4 saturated heterocycles. The van der Waals surface area contributed by atoms with Crippen molar-refractivity contribution in [3.8, 4) is 0 Å². The van der Waals surface area contributed by atoms with E-state index in [-0.39, 0.29) is 0 Å². The van der Waals surface area contributed by atoms with Crippen molar-refractivity contribution in [1.82, 2.24) is 14.7 Å². The normalized spacial score (nSPS) is 45.3. The Morgan fingerprint density at radius 1 is 0.737 bits per heavy atom. The molecule has 0 saturated carbocycles. The topological polar surface area (TPSA) is 9.72 Å². The zero-order chi connectivity index (χ0) is 12.8. The Bertz CT molecular complexity index is 332. The van der Waals surface area contributed by atoms with E-state index in [0.29, 0.717) is 0 Å². The average molecular weight is 263 g/mol. The zero-order valence-corrected chi connectivity index (χ0v) is 12.4. The highest BCUT2D eigenvalue weighted by atomic mass is 15.4. The number of piperazine rings is 1. The summed E-state index contributed by atoms with van der Waals surface area (Å²) < 4.78 is 0. The first-order chi connectivity index (χ1) is 9.33. The van der Waals surface area contributed by atoms with Crippen LogP contribution in [0.5, 0.6) is 0 Å². The maximum Gasteiger partial charge on any atom is 0.0267 e. The summed E-state index contributed by atoms with van der Waals surface area (Å²) in [7, 11) is 0. The van der Waals surface area contributed by atoms with Crippen molar-refractivity contribution in [3.05, 3.63) is 0 Å². The van der Waals surface area contributed by atoms with E-state index in [0.717, 1.165) is 24.2 Å². The molecule has 4 unspecified atom stereocenters. The monoisotopic (exact) mass is 263 g/mol. The molecule has 19 heavy (non-hydrogen) atoms. The molecule has 108 valence electrons. The van der Waals surface area contributed by atoms with Crippen molar-refractivity contribution >= 4 is 0 Å². The maximum absolute atomic E-state index is 2.91.